The van der Waals surface area contributed by atoms with Crippen LogP contribution in [-0.4, -0.2) is 32.0 Å². The van der Waals surface area contributed by atoms with Crippen LogP contribution in [0.15, 0.2) is 45.0 Å². The molecule has 2 aliphatic heterocycles. The summed E-state index contributed by atoms with van der Waals surface area (Å²) in [5.41, 5.74) is 4.10. The van der Waals surface area contributed by atoms with E-state index in [1.54, 1.807) is 29.6 Å². The molecule has 2 unspecified atom stereocenters. The number of thiophene rings is 1. The third kappa shape index (κ3) is 3.06. The third-order valence-corrected chi connectivity index (χ3v) is 8.03. The van der Waals surface area contributed by atoms with Crippen molar-refractivity contribution in [2.75, 3.05) is 10.3 Å². The Hall–Kier alpha value is -2.56. The normalized spacial score (nSPS) is 27.3. The van der Waals surface area contributed by atoms with Gasteiger partial charge >= 0.3 is 0 Å². The van der Waals surface area contributed by atoms with Gasteiger partial charge in [0.25, 0.3) is 15.9 Å². The first-order valence-electron chi connectivity index (χ1n) is 9.78. The van der Waals surface area contributed by atoms with Crippen LogP contribution in [0.5, 0.6) is 0 Å². The number of fused-ring (bicyclic) bond motifs is 2. The number of hydrazine groups is 1. The predicted molar refractivity (Wildman–Crippen MR) is 114 cm³/mol. The van der Waals surface area contributed by atoms with Crippen molar-refractivity contribution in [1.29, 1.82) is 0 Å². The molecule has 1 aromatic carbocycles. The van der Waals surface area contributed by atoms with Crippen molar-refractivity contribution < 1.29 is 18.0 Å². The Labute approximate surface area is 178 Å². The highest BCUT2D eigenvalue weighted by Crippen LogP contribution is 2.37. The van der Waals surface area contributed by atoms with Crippen molar-refractivity contribution in [2.45, 2.75) is 37.1 Å². The zero-order valence-corrected chi connectivity index (χ0v) is 17.8. The van der Waals surface area contributed by atoms with Crippen LogP contribution in [-0.2, 0) is 14.8 Å². The van der Waals surface area contributed by atoms with Crippen LogP contribution in [0, 0.1) is 11.8 Å². The van der Waals surface area contributed by atoms with Gasteiger partial charge in [0.05, 0.1) is 16.3 Å². The molecule has 1 amide bonds. The third-order valence-electron chi connectivity index (χ3n) is 5.76. The minimum absolute atomic E-state index is 0.0243. The highest BCUT2D eigenvalue weighted by molar-refractivity contribution is 7.90. The Morgan fingerprint density at radius 2 is 2.00 bits per heavy atom. The molecule has 1 aliphatic carbocycles. The molecule has 10 heteroatoms. The first-order chi connectivity index (χ1) is 14.3. The lowest BCUT2D eigenvalue weighted by atomic mass is 9.95. The van der Waals surface area contributed by atoms with Gasteiger partial charge in [0.15, 0.2) is 11.7 Å². The maximum absolute atomic E-state index is 13.4. The highest BCUT2D eigenvalue weighted by Gasteiger charge is 2.46. The summed E-state index contributed by atoms with van der Waals surface area (Å²) in [7, 11) is -4.01. The average molecular weight is 445 g/mol. The smallest absolute Gasteiger partial charge is 0.286 e. The Kier molecular flexibility index (Phi) is 4.53. The first-order valence-corrected chi connectivity index (χ1v) is 12.1. The number of hydrogen-bond donors (Lipinski definition) is 2. The molecule has 1 fully saturated rings. The molecule has 1 aromatic heterocycles. The number of hydrogen-bond acceptors (Lipinski definition) is 7. The van der Waals surface area contributed by atoms with E-state index in [2.05, 4.69) is 22.1 Å². The number of nitrogens with one attached hydrogen (secondary N) is 2. The fourth-order valence-corrected chi connectivity index (χ4v) is 6.30. The van der Waals surface area contributed by atoms with Gasteiger partial charge in [0.1, 0.15) is 10.7 Å². The molecule has 5 rings (SSSR count). The maximum Gasteiger partial charge on any atom is 0.286 e. The van der Waals surface area contributed by atoms with E-state index in [1.165, 1.54) is 22.4 Å². The standard InChI is InChI=1S/C20H20N4O4S2/c1-11-6-7-12(10-11)22-24-14-8-9-29-18(14)17(25)16(20(24)26)19-21-13-4-2-3-5-15(13)30(27,28)23-19/h2-5,8-9,11-12,16,22H,6-7,10H2,1H3,(H,21,23)/t11-,12?,16?/m0/s1. The molecule has 156 valence electrons. The number of benzene rings is 1. The van der Waals surface area contributed by atoms with E-state index < -0.39 is 27.6 Å². The quantitative estimate of drug-likeness (QED) is 0.705. The lowest BCUT2D eigenvalue weighted by Gasteiger charge is -2.34. The summed E-state index contributed by atoms with van der Waals surface area (Å²) in [5, 5.41) is 6.08. The molecule has 0 radical (unpaired) electrons. The predicted octanol–water partition coefficient (Wildman–Crippen LogP) is 2.80. The van der Waals surface area contributed by atoms with E-state index in [4.69, 9.17) is 0 Å². The summed E-state index contributed by atoms with van der Waals surface area (Å²) in [4.78, 5) is 27.0. The molecule has 30 heavy (non-hydrogen) atoms. The SMILES string of the molecule is C[C@H]1CCC(NN2C(=O)C(C3=NS(=O)(=O)c4ccccc4N3)C(=O)c3sccc32)C1. The van der Waals surface area contributed by atoms with Crippen LogP contribution in [0.4, 0.5) is 11.4 Å². The van der Waals surface area contributed by atoms with Crippen molar-refractivity contribution in [3.05, 3.63) is 40.6 Å². The Morgan fingerprint density at radius 3 is 2.77 bits per heavy atom. The lowest BCUT2D eigenvalue weighted by Crippen LogP contribution is -2.57. The van der Waals surface area contributed by atoms with Crippen molar-refractivity contribution in [3.8, 4) is 0 Å². The van der Waals surface area contributed by atoms with Gasteiger partial charge in [0.2, 0.25) is 0 Å². The zero-order chi connectivity index (χ0) is 21.0. The minimum Gasteiger partial charge on any atom is -0.341 e. The first kappa shape index (κ1) is 19.4. The van der Waals surface area contributed by atoms with Gasteiger partial charge in [-0.3, -0.25) is 9.59 Å². The van der Waals surface area contributed by atoms with Gasteiger partial charge < -0.3 is 5.32 Å². The molecular formula is C20H20N4O4S2. The van der Waals surface area contributed by atoms with Gasteiger partial charge in [0, 0.05) is 6.04 Å². The van der Waals surface area contributed by atoms with Gasteiger partial charge in [-0.2, -0.15) is 8.42 Å². The summed E-state index contributed by atoms with van der Waals surface area (Å²) in [5.74, 6) is -1.90. The number of anilines is 2. The number of amides is 1. The van der Waals surface area contributed by atoms with Gasteiger partial charge in [-0.1, -0.05) is 19.1 Å². The van der Waals surface area contributed by atoms with Gasteiger partial charge in [-0.25, -0.2) is 10.4 Å². The maximum atomic E-state index is 13.4. The number of amidine groups is 1. The number of nitrogens with zero attached hydrogens (tertiary/aromatic N) is 2. The summed E-state index contributed by atoms with van der Waals surface area (Å²) in [6.07, 6.45) is 2.94. The molecule has 8 nitrogen and oxygen atoms in total. The molecule has 0 saturated heterocycles. The van der Waals surface area contributed by atoms with Gasteiger partial charge in [-0.05, 0) is 48.8 Å². The molecular weight excluding hydrogens is 424 g/mol. The van der Waals surface area contributed by atoms with Crippen LogP contribution in [0.25, 0.3) is 0 Å². The average Bonchev–Trinajstić information content (AvgIpc) is 3.34. The Balaban J connectivity index is 1.54. The zero-order valence-electron chi connectivity index (χ0n) is 16.2. The number of carbonyl (C=O) groups is 2. The second kappa shape index (κ2) is 7.00. The van der Waals surface area contributed by atoms with E-state index in [0.717, 1.165) is 19.3 Å². The van der Waals surface area contributed by atoms with E-state index >= 15 is 0 Å². The largest absolute Gasteiger partial charge is 0.341 e. The molecule has 3 heterocycles. The summed E-state index contributed by atoms with van der Waals surface area (Å²) in [6.45, 7) is 2.17. The summed E-state index contributed by atoms with van der Waals surface area (Å²) < 4.78 is 29.1. The van der Waals surface area contributed by atoms with Crippen LogP contribution >= 0.6 is 11.3 Å². The molecule has 2 N–H and O–H groups in total. The molecule has 1 saturated carbocycles. The minimum atomic E-state index is -4.01. The monoisotopic (exact) mass is 444 g/mol. The molecule has 0 bridgehead atoms. The molecule has 2 aromatic rings. The van der Waals surface area contributed by atoms with Crippen LogP contribution < -0.4 is 15.8 Å². The van der Waals surface area contributed by atoms with Crippen molar-refractivity contribution in [1.82, 2.24) is 5.43 Å². The summed E-state index contributed by atoms with van der Waals surface area (Å²) >= 11 is 1.24. The van der Waals surface area contributed by atoms with E-state index in [0.29, 0.717) is 22.2 Å². The number of para-hydroxylation sites is 1. The van der Waals surface area contributed by atoms with Crippen molar-refractivity contribution in [3.63, 3.8) is 0 Å². The van der Waals surface area contributed by atoms with E-state index in [1.807, 2.05) is 0 Å². The molecule has 0 spiro atoms. The van der Waals surface area contributed by atoms with Crippen molar-refractivity contribution >= 4 is 50.3 Å². The number of sulfonamides is 1. The highest BCUT2D eigenvalue weighted by atomic mass is 32.2. The summed E-state index contributed by atoms with van der Waals surface area (Å²) in [6, 6.07) is 8.17. The lowest BCUT2D eigenvalue weighted by molar-refractivity contribution is -0.120. The molecule has 3 atom stereocenters. The van der Waals surface area contributed by atoms with Crippen molar-refractivity contribution in [2.24, 2.45) is 16.2 Å². The van der Waals surface area contributed by atoms with Crippen LogP contribution in [0.3, 0.4) is 0 Å². The second-order valence-electron chi connectivity index (χ2n) is 7.92. The van der Waals surface area contributed by atoms with Gasteiger partial charge in [-0.15, -0.1) is 15.7 Å². The second-order valence-corrected chi connectivity index (χ2v) is 10.4. The fraction of sp³-hybridized carbons (Fsp3) is 0.350. The number of Topliss-reactive ketones (excluding diaryl/α,β-unsaturated/α-hetero) is 1. The molecule has 3 aliphatic rings. The van der Waals surface area contributed by atoms with Crippen LogP contribution in [0.1, 0.15) is 35.9 Å². The number of rotatable bonds is 3. The Morgan fingerprint density at radius 1 is 1.20 bits per heavy atom. The number of carbonyl (C=O) groups excluding carboxylic acids is 2. The number of ketones is 1. The fourth-order valence-electron chi connectivity index (χ4n) is 4.29. The van der Waals surface area contributed by atoms with Crippen LogP contribution in [0.2, 0.25) is 0 Å². The Bertz CT molecular complexity index is 1190. The van der Waals surface area contributed by atoms with E-state index in [9.17, 15) is 18.0 Å². The van der Waals surface area contributed by atoms with E-state index in [-0.39, 0.29) is 16.8 Å². The topological polar surface area (TPSA) is 108 Å².